The number of carbonyl (C=O) groups excluding carboxylic acids is 1. The van der Waals surface area contributed by atoms with Crippen molar-refractivity contribution in [1.82, 2.24) is 14.7 Å². The summed E-state index contributed by atoms with van der Waals surface area (Å²) in [5.41, 5.74) is 2.11. The number of rotatable bonds is 7. The van der Waals surface area contributed by atoms with Gasteiger partial charge in [-0.05, 0) is 63.9 Å². The molecule has 2 saturated heterocycles. The lowest BCUT2D eigenvalue weighted by Gasteiger charge is -2.48. The van der Waals surface area contributed by atoms with Gasteiger partial charge in [-0.2, -0.15) is 0 Å². The number of nitrogens with zero attached hydrogens (tertiary/aromatic N) is 3. The van der Waals surface area contributed by atoms with Crippen molar-refractivity contribution in [1.29, 1.82) is 0 Å². The molecule has 0 bridgehead atoms. The summed E-state index contributed by atoms with van der Waals surface area (Å²) >= 11 is 0. The van der Waals surface area contributed by atoms with Gasteiger partial charge in [-0.1, -0.05) is 12.1 Å². The Morgan fingerprint density at radius 1 is 1.14 bits per heavy atom. The molecule has 2 aliphatic heterocycles. The van der Waals surface area contributed by atoms with E-state index in [1.807, 2.05) is 12.1 Å². The van der Waals surface area contributed by atoms with Crippen molar-refractivity contribution in [3.8, 4) is 0 Å². The molecule has 1 aromatic rings. The van der Waals surface area contributed by atoms with Gasteiger partial charge in [-0.15, -0.1) is 0 Å². The Bertz CT molecular complexity index is 641. The molecule has 0 radical (unpaired) electrons. The number of hydrogen-bond acceptors (Lipinski definition) is 5. The van der Waals surface area contributed by atoms with Crippen LogP contribution in [0.4, 0.5) is 5.69 Å². The second-order valence-corrected chi connectivity index (χ2v) is 8.88. The topological polar surface area (TPSA) is 59.1 Å². The number of aliphatic hydroxyl groups is 1. The number of nitrogens with one attached hydrogen (secondary N) is 1. The minimum Gasteiger partial charge on any atom is -0.396 e. The molecule has 1 amide bonds. The zero-order valence-corrected chi connectivity index (χ0v) is 18.3. The maximum Gasteiger partial charge on any atom is 0.221 e. The molecule has 0 saturated carbocycles. The molecule has 1 atom stereocenters. The van der Waals surface area contributed by atoms with E-state index in [4.69, 9.17) is 0 Å². The zero-order valence-electron chi connectivity index (χ0n) is 18.3. The van der Waals surface area contributed by atoms with E-state index in [-0.39, 0.29) is 12.5 Å². The fourth-order valence-electron chi connectivity index (χ4n) is 4.85. The molecule has 2 N–H and O–H groups in total. The van der Waals surface area contributed by atoms with Crippen LogP contribution in [0, 0.1) is 0 Å². The first-order valence-electron chi connectivity index (χ1n) is 11.2. The largest absolute Gasteiger partial charge is 0.396 e. The number of anilines is 1. The summed E-state index contributed by atoms with van der Waals surface area (Å²) < 4.78 is 0. The molecule has 3 rings (SSSR count). The average Bonchev–Trinajstić information content (AvgIpc) is 2.70. The van der Waals surface area contributed by atoms with Crippen molar-refractivity contribution in [2.24, 2.45) is 0 Å². The maximum atomic E-state index is 11.2. The molecule has 2 aliphatic rings. The first-order valence-corrected chi connectivity index (χ1v) is 11.2. The van der Waals surface area contributed by atoms with E-state index < -0.39 is 0 Å². The Kier molecular flexibility index (Phi) is 8.07. The highest BCUT2D eigenvalue weighted by atomic mass is 16.3. The normalized spacial score (nSPS) is 22.9. The van der Waals surface area contributed by atoms with Crippen LogP contribution in [0.2, 0.25) is 0 Å². The van der Waals surface area contributed by atoms with Crippen LogP contribution in [0.25, 0.3) is 0 Å². The number of carbonyl (C=O) groups is 1. The average molecular weight is 403 g/mol. The van der Waals surface area contributed by atoms with Crippen LogP contribution >= 0.6 is 0 Å². The van der Waals surface area contributed by atoms with E-state index in [1.54, 1.807) is 0 Å². The summed E-state index contributed by atoms with van der Waals surface area (Å²) in [4.78, 5) is 19.0. The van der Waals surface area contributed by atoms with Gasteiger partial charge >= 0.3 is 0 Å². The second kappa shape index (κ2) is 10.5. The SMILES string of the molecule is CC(=O)Nc1ccc(CN2CCN(C3CCN(C(C)C)CC3)[C@H](CCO)C2)cc1. The predicted molar refractivity (Wildman–Crippen MR) is 118 cm³/mol. The summed E-state index contributed by atoms with van der Waals surface area (Å²) in [5, 5.41) is 12.5. The van der Waals surface area contributed by atoms with E-state index in [1.165, 1.54) is 38.4 Å². The minimum absolute atomic E-state index is 0.0417. The molecule has 6 heteroatoms. The molecule has 0 aliphatic carbocycles. The molecular formula is C23H38N4O2. The molecule has 2 fully saturated rings. The summed E-state index contributed by atoms with van der Waals surface area (Å²) in [7, 11) is 0. The molecule has 0 unspecified atom stereocenters. The highest BCUT2D eigenvalue weighted by molar-refractivity contribution is 5.88. The van der Waals surface area contributed by atoms with Gasteiger partial charge in [-0.3, -0.25) is 14.6 Å². The van der Waals surface area contributed by atoms with Crippen molar-refractivity contribution in [3.63, 3.8) is 0 Å². The Labute approximate surface area is 175 Å². The number of piperidine rings is 1. The van der Waals surface area contributed by atoms with E-state index in [9.17, 15) is 9.90 Å². The van der Waals surface area contributed by atoms with Crippen LogP contribution in [0.15, 0.2) is 24.3 Å². The second-order valence-electron chi connectivity index (χ2n) is 8.88. The summed E-state index contributed by atoms with van der Waals surface area (Å²) in [6.45, 7) is 12.8. The van der Waals surface area contributed by atoms with Crippen molar-refractivity contribution < 1.29 is 9.90 Å². The van der Waals surface area contributed by atoms with Crippen LogP contribution in [-0.2, 0) is 11.3 Å². The number of amides is 1. The van der Waals surface area contributed by atoms with Crippen molar-refractivity contribution in [2.45, 2.75) is 64.7 Å². The summed E-state index contributed by atoms with van der Waals surface area (Å²) in [6, 6.07) is 9.86. The highest BCUT2D eigenvalue weighted by Gasteiger charge is 2.33. The first kappa shape index (κ1) is 22.2. The minimum atomic E-state index is -0.0417. The van der Waals surface area contributed by atoms with Gasteiger partial charge < -0.3 is 15.3 Å². The molecule has 2 heterocycles. The predicted octanol–water partition coefficient (Wildman–Crippen LogP) is 2.39. The number of hydrogen-bond donors (Lipinski definition) is 2. The van der Waals surface area contributed by atoms with Gasteiger partial charge in [0.05, 0.1) is 0 Å². The van der Waals surface area contributed by atoms with E-state index >= 15 is 0 Å². The van der Waals surface area contributed by atoms with Crippen LogP contribution in [0.5, 0.6) is 0 Å². The van der Waals surface area contributed by atoms with E-state index in [0.29, 0.717) is 18.1 Å². The Balaban J connectivity index is 1.55. The maximum absolute atomic E-state index is 11.2. The quantitative estimate of drug-likeness (QED) is 0.733. The molecular weight excluding hydrogens is 364 g/mol. The fourth-order valence-corrected chi connectivity index (χ4v) is 4.85. The standard InChI is InChI=1S/C23H38N4O2/c1-18(2)26-11-8-22(9-12-26)27-14-13-25(17-23(27)10-15-28)16-20-4-6-21(7-5-20)24-19(3)29/h4-7,18,22-23,28H,8-17H2,1-3H3,(H,24,29)/t23-/m1/s1. The molecule has 162 valence electrons. The Morgan fingerprint density at radius 3 is 2.41 bits per heavy atom. The first-order chi connectivity index (χ1) is 14.0. The van der Waals surface area contributed by atoms with Crippen molar-refractivity contribution in [2.75, 3.05) is 44.6 Å². The summed E-state index contributed by atoms with van der Waals surface area (Å²) in [5.74, 6) is -0.0417. The third kappa shape index (κ3) is 6.25. The monoisotopic (exact) mass is 402 g/mol. The van der Waals surface area contributed by atoms with E-state index in [0.717, 1.165) is 38.3 Å². The van der Waals surface area contributed by atoms with Gasteiger partial charge in [0.25, 0.3) is 0 Å². The van der Waals surface area contributed by atoms with Crippen LogP contribution in [0.3, 0.4) is 0 Å². The molecule has 1 aromatic carbocycles. The van der Waals surface area contributed by atoms with Gasteiger partial charge in [0.15, 0.2) is 0 Å². The Morgan fingerprint density at radius 2 is 1.83 bits per heavy atom. The lowest BCUT2D eigenvalue weighted by molar-refractivity contribution is -0.114. The lowest BCUT2D eigenvalue weighted by atomic mass is 9.97. The third-order valence-electron chi connectivity index (χ3n) is 6.45. The van der Waals surface area contributed by atoms with Gasteiger partial charge in [0.2, 0.25) is 5.91 Å². The van der Waals surface area contributed by atoms with Crippen LogP contribution < -0.4 is 5.32 Å². The summed E-state index contributed by atoms with van der Waals surface area (Å²) in [6.07, 6.45) is 3.33. The van der Waals surface area contributed by atoms with Crippen molar-refractivity contribution >= 4 is 11.6 Å². The number of piperazine rings is 1. The van der Waals surface area contributed by atoms with Crippen LogP contribution in [0.1, 0.15) is 45.6 Å². The Hall–Kier alpha value is -1.47. The van der Waals surface area contributed by atoms with Gasteiger partial charge in [0.1, 0.15) is 0 Å². The van der Waals surface area contributed by atoms with Crippen molar-refractivity contribution in [3.05, 3.63) is 29.8 Å². The fraction of sp³-hybridized carbons (Fsp3) is 0.696. The molecule has 6 nitrogen and oxygen atoms in total. The smallest absolute Gasteiger partial charge is 0.221 e. The van der Waals surface area contributed by atoms with E-state index in [2.05, 4.69) is 46.0 Å². The third-order valence-corrected chi connectivity index (χ3v) is 6.45. The zero-order chi connectivity index (χ0) is 20.8. The van der Waals surface area contributed by atoms with Gasteiger partial charge in [-0.25, -0.2) is 0 Å². The molecule has 29 heavy (non-hydrogen) atoms. The number of aliphatic hydroxyl groups excluding tert-OH is 1. The number of benzene rings is 1. The molecule has 0 spiro atoms. The van der Waals surface area contributed by atoms with Gasteiger partial charge in [0, 0.05) is 63.5 Å². The number of likely N-dealkylation sites (tertiary alicyclic amines) is 1. The molecule has 0 aromatic heterocycles. The van der Waals surface area contributed by atoms with Crippen LogP contribution in [-0.4, -0.2) is 83.2 Å². The highest BCUT2D eigenvalue weighted by Crippen LogP contribution is 2.25. The lowest BCUT2D eigenvalue weighted by Crippen LogP contribution is -2.58.